The van der Waals surface area contributed by atoms with Gasteiger partial charge in [-0.3, -0.25) is 0 Å². The summed E-state index contributed by atoms with van der Waals surface area (Å²) in [7, 11) is 3.21. The molecule has 3 aromatic rings. The molecule has 0 atom stereocenters. The van der Waals surface area contributed by atoms with Gasteiger partial charge in [0.05, 0.1) is 19.6 Å². The molecule has 0 fully saturated rings. The van der Waals surface area contributed by atoms with Crippen LogP contribution in [0, 0.1) is 0 Å². The number of rotatable bonds is 4. The molecule has 0 saturated heterocycles. The van der Waals surface area contributed by atoms with Crippen LogP contribution in [0.25, 0.3) is 23.2 Å². The normalized spacial score (nSPS) is 11.1. The Balaban J connectivity index is 1.93. The molecule has 3 rings (SSSR count). The second kappa shape index (κ2) is 6.41. The van der Waals surface area contributed by atoms with E-state index in [1.165, 1.54) is 0 Å². The van der Waals surface area contributed by atoms with Gasteiger partial charge < -0.3 is 20.9 Å². The molecule has 4 N–H and O–H groups in total. The maximum absolute atomic E-state index is 5.88. The fourth-order valence-corrected chi connectivity index (χ4v) is 2.31. The van der Waals surface area contributed by atoms with E-state index in [4.69, 9.17) is 20.9 Å². The third kappa shape index (κ3) is 3.05. The summed E-state index contributed by atoms with van der Waals surface area (Å²) in [6.07, 6.45) is 5.56. The van der Waals surface area contributed by atoms with Crippen LogP contribution in [0.15, 0.2) is 30.5 Å². The summed E-state index contributed by atoms with van der Waals surface area (Å²) in [6.45, 7) is 0. The lowest BCUT2D eigenvalue weighted by molar-refractivity contribution is 0.355. The minimum absolute atomic E-state index is 0.112. The Hall–Kier alpha value is -3.35. The Labute approximate surface area is 139 Å². The van der Waals surface area contributed by atoms with Crippen LogP contribution in [-0.4, -0.2) is 29.2 Å². The smallest absolute Gasteiger partial charge is 0.224 e. The third-order valence-corrected chi connectivity index (χ3v) is 3.50. The van der Waals surface area contributed by atoms with Gasteiger partial charge in [-0.05, 0) is 29.3 Å². The molecule has 2 heterocycles. The number of fused-ring (bicyclic) bond motifs is 1. The van der Waals surface area contributed by atoms with Crippen molar-refractivity contribution in [2.24, 2.45) is 0 Å². The Kier molecular flexibility index (Phi) is 4.15. The zero-order valence-corrected chi connectivity index (χ0v) is 13.4. The van der Waals surface area contributed by atoms with E-state index in [1.54, 1.807) is 20.4 Å². The van der Waals surface area contributed by atoms with E-state index < -0.39 is 0 Å². The van der Waals surface area contributed by atoms with Crippen molar-refractivity contribution in [3.05, 3.63) is 41.6 Å². The van der Waals surface area contributed by atoms with Crippen LogP contribution in [0.1, 0.15) is 11.1 Å². The highest BCUT2D eigenvalue weighted by Gasteiger charge is 2.05. The van der Waals surface area contributed by atoms with Crippen LogP contribution in [0.3, 0.4) is 0 Å². The predicted octanol–water partition coefficient (Wildman–Crippen LogP) is 2.38. The van der Waals surface area contributed by atoms with Gasteiger partial charge >= 0.3 is 0 Å². The molecule has 0 unspecified atom stereocenters. The molecule has 24 heavy (non-hydrogen) atoms. The molecule has 7 nitrogen and oxygen atoms in total. The van der Waals surface area contributed by atoms with Gasteiger partial charge in [0.1, 0.15) is 5.82 Å². The van der Waals surface area contributed by atoms with E-state index in [-0.39, 0.29) is 5.95 Å². The first-order valence-electron chi connectivity index (χ1n) is 7.19. The summed E-state index contributed by atoms with van der Waals surface area (Å²) in [6, 6.07) is 7.55. The molecule has 122 valence electrons. The number of methoxy groups -OCH3 is 2. The molecule has 0 saturated carbocycles. The van der Waals surface area contributed by atoms with E-state index in [2.05, 4.69) is 15.0 Å². The Morgan fingerprint density at radius 3 is 2.42 bits per heavy atom. The van der Waals surface area contributed by atoms with Crippen molar-refractivity contribution in [2.45, 2.75) is 0 Å². The lowest BCUT2D eigenvalue weighted by Gasteiger charge is -2.07. The summed E-state index contributed by atoms with van der Waals surface area (Å²) >= 11 is 0. The first-order valence-corrected chi connectivity index (χ1v) is 7.19. The zero-order valence-electron chi connectivity index (χ0n) is 13.4. The number of ether oxygens (including phenoxy) is 2. The number of nitrogens with zero attached hydrogens (tertiary/aromatic N) is 3. The molecule has 0 aliphatic heterocycles. The van der Waals surface area contributed by atoms with E-state index in [9.17, 15) is 0 Å². The number of aromatic nitrogens is 3. The maximum atomic E-state index is 5.88. The molecule has 0 amide bonds. The number of hydrogen-bond acceptors (Lipinski definition) is 7. The number of pyridine rings is 1. The van der Waals surface area contributed by atoms with E-state index in [0.717, 1.165) is 11.1 Å². The van der Waals surface area contributed by atoms with Crippen molar-refractivity contribution in [1.29, 1.82) is 0 Å². The molecule has 2 aromatic heterocycles. The molecule has 0 aliphatic rings. The van der Waals surface area contributed by atoms with Gasteiger partial charge in [0.15, 0.2) is 17.1 Å². The van der Waals surface area contributed by atoms with Crippen molar-refractivity contribution in [2.75, 3.05) is 25.7 Å². The fraction of sp³-hybridized carbons (Fsp3) is 0.118. The molecule has 0 bridgehead atoms. The van der Waals surface area contributed by atoms with Crippen molar-refractivity contribution in [3.8, 4) is 11.5 Å². The minimum atomic E-state index is 0.112. The molecule has 0 spiro atoms. The maximum Gasteiger partial charge on any atom is 0.224 e. The quantitative estimate of drug-likeness (QED) is 0.758. The molecular formula is C17H17N5O2. The third-order valence-electron chi connectivity index (χ3n) is 3.50. The molecule has 0 aliphatic carbocycles. The topological polar surface area (TPSA) is 109 Å². The lowest BCUT2D eigenvalue weighted by Crippen LogP contribution is -2.01. The minimum Gasteiger partial charge on any atom is -0.493 e. The van der Waals surface area contributed by atoms with Crippen molar-refractivity contribution >= 4 is 35.0 Å². The standard InChI is InChI=1S/C17H17N5O2/c1-23-13-6-5-10(8-14(13)24-2)3-4-11-7-12-15(18)21-17(19)22-16(12)20-9-11/h3-9H,1-2H3,(H4,18,19,20,21,22)/b4-3+. The number of anilines is 2. The average molecular weight is 323 g/mol. The summed E-state index contributed by atoms with van der Waals surface area (Å²) < 4.78 is 10.5. The summed E-state index contributed by atoms with van der Waals surface area (Å²) in [5.74, 6) is 1.78. The van der Waals surface area contributed by atoms with Crippen LogP contribution in [0.2, 0.25) is 0 Å². The number of nitrogen functional groups attached to an aromatic ring is 2. The lowest BCUT2D eigenvalue weighted by atomic mass is 10.1. The Bertz CT molecular complexity index is 924. The van der Waals surface area contributed by atoms with Gasteiger partial charge in [0.2, 0.25) is 5.95 Å². The zero-order chi connectivity index (χ0) is 17.1. The second-order valence-electron chi connectivity index (χ2n) is 5.05. The van der Waals surface area contributed by atoms with Crippen molar-refractivity contribution in [1.82, 2.24) is 15.0 Å². The number of benzene rings is 1. The van der Waals surface area contributed by atoms with Crippen LogP contribution in [0.4, 0.5) is 11.8 Å². The highest BCUT2D eigenvalue weighted by molar-refractivity contribution is 5.88. The summed E-state index contributed by atoms with van der Waals surface area (Å²) in [4.78, 5) is 12.3. The summed E-state index contributed by atoms with van der Waals surface area (Å²) in [5, 5.41) is 0.665. The van der Waals surface area contributed by atoms with Gasteiger partial charge in [-0.1, -0.05) is 18.2 Å². The largest absolute Gasteiger partial charge is 0.493 e. The van der Waals surface area contributed by atoms with Gasteiger partial charge in [-0.15, -0.1) is 0 Å². The summed E-state index contributed by atoms with van der Waals surface area (Å²) in [5.41, 5.74) is 13.8. The highest BCUT2D eigenvalue weighted by atomic mass is 16.5. The SMILES string of the molecule is COc1ccc(/C=C/c2cnc3nc(N)nc(N)c3c2)cc1OC. The van der Waals surface area contributed by atoms with E-state index >= 15 is 0 Å². The van der Waals surface area contributed by atoms with Gasteiger partial charge in [0.25, 0.3) is 0 Å². The van der Waals surface area contributed by atoms with Crippen LogP contribution in [0.5, 0.6) is 11.5 Å². The fourth-order valence-electron chi connectivity index (χ4n) is 2.31. The molecule has 1 aromatic carbocycles. The highest BCUT2D eigenvalue weighted by Crippen LogP contribution is 2.28. The molecular weight excluding hydrogens is 306 g/mol. The van der Waals surface area contributed by atoms with Gasteiger partial charge in [-0.2, -0.15) is 9.97 Å². The first kappa shape index (κ1) is 15.5. The monoisotopic (exact) mass is 323 g/mol. The average Bonchev–Trinajstić information content (AvgIpc) is 2.59. The number of nitrogens with two attached hydrogens (primary N) is 2. The molecule has 7 heteroatoms. The second-order valence-corrected chi connectivity index (χ2v) is 5.05. The van der Waals surface area contributed by atoms with Gasteiger partial charge in [0, 0.05) is 6.20 Å². The van der Waals surface area contributed by atoms with Crippen molar-refractivity contribution < 1.29 is 9.47 Å². The van der Waals surface area contributed by atoms with Crippen LogP contribution in [-0.2, 0) is 0 Å². The van der Waals surface area contributed by atoms with E-state index in [0.29, 0.717) is 28.4 Å². The number of hydrogen-bond donors (Lipinski definition) is 2. The van der Waals surface area contributed by atoms with Gasteiger partial charge in [-0.25, -0.2) is 4.98 Å². The Morgan fingerprint density at radius 2 is 1.67 bits per heavy atom. The predicted molar refractivity (Wildman–Crippen MR) is 94.6 cm³/mol. The van der Waals surface area contributed by atoms with E-state index in [1.807, 2.05) is 36.4 Å². The van der Waals surface area contributed by atoms with Crippen molar-refractivity contribution in [3.63, 3.8) is 0 Å². The van der Waals surface area contributed by atoms with Crippen LogP contribution >= 0.6 is 0 Å². The van der Waals surface area contributed by atoms with Crippen LogP contribution < -0.4 is 20.9 Å². The Morgan fingerprint density at radius 1 is 0.917 bits per heavy atom. The first-order chi connectivity index (χ1) is 11.6. The molecule has 0 radical (unpaired) electrons.